The van der Waals surface area contributed by atoms with Crippen LogP contribution >= 0.6 is 0 Å². The van der Waals surface area contributed by atoms with E-state index in [-0.39, 0.29) is 11.8 Å². The van der Waals surface area contributed by atoms with Gasteiger partial charge >= 0.3 is 0 Å². The minimum atomic E-state index is -0.416. The summed E-state index contributed by atoms with van der Waals surface area (Å²) in [6.45, 7) is 7.73. The third-order valence-corrected chi connectivity index (χ3v) is 4.43. The number of carbonyl (C=O) groups is 2. The van der Waals surface area contributed by atoms with E-state index in [1.807, 2.05) is 35.2 Å². The van der Waals surface area contributed by atoms with Crippen LogP contribution in [0.3, 0.4) is 0 Å². The van der Waals surface area contributed by atoms with Crippen LogP contribution in [0.5, 0.6) is 0 Å². The summed E-state index contributed by atoms with van der Waals surface area (Å²) in [7, 11) is 0. The van der Waals surface area contributed by atoms with Crippen molar-refractivity contribution in [3.63, 3.8) is 0 Å². The lowest BCUT2D eigenvalue weighted by Gasteiger charge is -2.35. The van der Waals surface area contributed by atoms with E-state index in [4.69, 9.17) is 5.73 Å². The van der Waals surface area contributed by atoms with Crippen LogP contribution in [-0.2, 0) is 16.1 Å². The molecule has 2 amide bonds. The van der Waals surface area contributed by atoms with E-state index in [2.05, 4.69) is 24.1 Å². The van der Waals surface area contributed by atoms with Crippen molar-refractivity contribution in [2.75, 3.05) is 32.7 Å². The first-order valence-corrected chi connectivity index (χ1v) is 9.03. The molecule has 3 N–H and O–H groups in total. The zero-order valence-corrected chi connectivity index (χ0v) is 15.3. The Bertz CT molecular complexity index is 554. The highest BCUT2D eigenvalue weighted by atomic mass is 16.2. The fourth-order valence-electron chi connectivity index (χ4n) is 3.03. The Hall–Kier alpha value is -1.92. The minimum absolute atomic E-state index is 0.0140. The van der Waals surface area contributed by atoms with Crippen molar-refractivity contribution in [2.45, 2.75) is 32.9 Å². The van der Waals surface area contributed by atoms with Gasteiger partial charge in [0, 0.05) is 32.7 Å². The summed E-state index contributed by atoms with van der Waals surface area (Å²) in [4.78, 5) is 28.3. The Labute approximate surface area is 150 Å². The van der Waals surface area contributed by atoms with E-state index >= 15 is 0 Å². The molecule has 0 unspecified atom stereocenters. The number of nitrogens with one attached hydrogen (secondary N) is 1. The van der Waals surface area contributed by atoms with Crippen molar-refractivity contribution >= 4 is 11.8 Å². The van der Waals surface area contributed by atoms with Gasteiger partial charge in [0.25, 0.3) is 0 Å². The molecule has 0 radical (unpaired) electrons. The van der Waals surface area contributed by atoms with Crippen LogP contribution in [0.4, 0.5) is 0 Å². The van der Waals surface area contributed by atoms with Gasteiger partial charge in [0.1, 0.15) is 0 Å². The molecule has 0 aromatic heterocycles. The summed E-state index contributed by atoms with van der Waals surface area (Å²) in [5.41, 5.74) is 7.08. The first-order valence-electron chi connectivity index (χ1n) is 9.03. The van der Waals surface area contributed by atoms with Crippen molar-refractivity contribution in [1.29, 1.82) is 0 Å². The third-order valence-electron chi connectivity index (χ3n) is 4.43. The molecule has 1 atom stereocenters. The van der Waals surface area contributed by atoms with Gasteiger partial charge in [-0.2, -0.15) is 0 Å². The molecule has 0 spiro atoms. The van der Waals surface area contributed by atoms with Crippen molar-refractivity contribution < 1.29 is 9.59 Å². The summed E-state index contributed by atoms with van der Waals surface area (Å²) in [5, 5.41) is 2.94. The lowest BCUT2D eigenvalue weighted by atomic mass is 10.0. The number of hydrogen-bond acceptors (Lipinski definition) is 4. The maximum atomic E-state index is 12.3. The van der Waals surface area contributed by atoms with Crippen molar-refractivity contribution in [2.24, 2.45) is 11.7 Å². The average Bonchev–Trinajstić information content (AvgIpc) is 2.60. The maximum Gasteiger partial charge on any atom is 0.239 e. The van der Waals surface area contributed by atoms with Gasteiger partial charge in [0.15, 0.2) is 0 Å². The lowest BCUT2D eigenvalue weighted by molar-refractivity contribution is -0.135. The van der Waals surface area contributed by atoms with Crippen molar-refractivity contribution in [3.8, 4) is 0 Å². The van der Waals surface area contributed by atoms with Crippen LogP contribution in [0.2, 0.25) is 0 Å². The van der Waals surface area contributed by atoms with E-state index in [9.17, 15) is 9.59 Å². The molecule has 1 heterocycles. The Morgan fingerprint density at radius 2 is 1.76 bits per heavy atom. The standard InChI is InChI=1S/C19H30N4O2/c1-15(2)12-17(20)19(25)23-10-8-22(9-11-23)14-18(24)21-13-16-6-4-3-5-7-16/h3-7,15,17H,8-14,20H2,1-2H3,(H,21,24)/t17-/m0/s1. The minimum Gasteiger partial charge on any atom is -0.351 e. The first-order chi connectivity index (χ1) is 12.0. The third kappa shape index (κ3) is 6.48. The Morgan fingerprint density at radius 1 is 1.12 bits per heavy atom. The number of rotatable bonds is 7. The largest absolute Gasteiger partial charge is 0.351 e. The highest BCUT2D eigenvalue weighted by Gasteiger charge is 2.26. The molecule has 1 aromatic rings. The summed E-state index contributed by atoms with van der Waals surface area (Å²) >= 11 is 0. The average molecular weight is 346 g/mol. The molecule has 1 fully saturated rings. The molecule has 1 saturated heterocycles. The summed E-state index contributed by atoms with van der Waals surface area (Å²) in [6.07, 6.45) is 0.709. The smallest absolute Gasteiger partial charge is 0.239 e. The highest BCUT2D eigenvalue weighted by Crippen LogP contribution is 2.09. The number of benzene rings is 1. The fourth-order valence-corrected chi connectivity index (χ4v) is 3.03. The Morgan fingerprint density at radius 3 is 2.36 bits per heavy atom. The predicted molar refractivity (Wildman–Crippen MR) is 98.7 cm³/mol. The van der Waals surface area contributed by atoms with E-state index in [0.29, 0.717) is 51.6 Å². The molecule has 2 rings (SSSR count). The molecule has 0 saturated carbocycles. The lowest BCUT2D eigenvalue weighted by Crippen LogP contribution is -2.54. The maximum absolute atomic E-state index is 12.3. The molecular formula is C19H30N4O2. The number of piperazine rings is 1. The van der Waals surface area contributed by atoms with E-state index in [0.717, 1.165) is 5.56 Å². The Kier molecular flexibility index (Phi) is 7.40. The Balaban J connectivity index is 1.69. The van der Waals surface area contributed by atoms with Gasteiger partial charge in [0.05, 0.1) is 12.6 Å². The van der Waals surface area contributed by atoms with Gasteiger partial charge in [-0.25, -0.2) is 0 Å². The van der Waals surface area contributed by atoms with Gasteiger partial charge in [-0.3, -0.25) is 14.5 Å². The highest BCUT2D eigenvalue weighted by molar-refractivity contribution is 5.82. The molecule has 1 aromatic carbocycles. The van der Waals surface area contributed by atoms with Gasteiger partial charge in [-0.15, -0.1) is 0 Å². The molecule has 1 aliphatic heterocycles. The summed E-state index contributed by atoms with van der Waals surface area (Å²) < 4.78 is 0. The predicted octanol–water partition coefficient (Wildman–Crippen LogP) is 0.820. The van der Waals surface area contributed by atoms with Gasteiger partial charge in [0.2, 0.25) is 11.8 Å². The van der Waals surface area contributed by atoms with Gasteiger partial charge < -0.3 is 16.0 Å². The summed E-state index contributed by atoms with van der Waals surface area (Å²) in [6, 6.07) is 9.44. The molecule has 138 valence electrons. The zero-order valence-electron chi connectivity index (χ0n) is 15.3. The first kappa shape index (κ1) is 19.4. The van der Waals surface area contributed by atoms with E-state index < -0.39 is 6.04 Å². The van der Waals surface area contributed by atoms with Crippen LogP contribution in [-0.4, -0.2) is 60.4 Å². The van der Waals surface area contributed by atoms with E-state index in [1.54, 1.807) is 0 Å². The summed E-state index contributed by atoms with van der Waals surface area (Å²) in [5.74, 6) is 0.454. The number of carbonyl (C=O) groups excluding carboxylic acids is 2. The second-order valence-electron chi connectivity index (χ2n) is 7.10. The monoisotopic (exact) mass is 346 g/mol. The van der Waals surface area contributed by atoms with Crippen LogP contribution in [0.25, 0.3) is 0 Å². The van der Waals surface area contributed by atoms with Crippen LogP contribution in [0.1, 0.15) is 25.8 Å². The molecule has 6 nitrogen and oxygen atoms in total. The van der Waals surface area contributed by atoms with Crippen LogP contribution in [0, 0.1) is 5.92 Å². The van der Waals surface area contributed by atoms with Crippen LogP contribution in [0.15, 0.2) is 30.3 Å². The fraction of sp³-hybridized carbons (Fsp3) is 0.579. The molecule has 25 heavy (non-hydrogen) atoms. The van der Waals surface area contributed by atoms with Crippen LogP contribution < -0.4 is 11.1 Å². The normalized spacial score (nSPS) is 16.7. The topological polar surface area (TPSA) is 78.7 Å². The van der Waals surface area contributed by atoms with Crippen molar-refractivity contribution in [1.82, 2.24) is 15.1 Å². The molecule has 0 bridgehead atoms. The number of amides is 2. The van der Waals surface area contributed by atoms with E-state index in [1.165, 1.54) is 0 Å². The second-order valence-corrected chi connectivity index (χ2v) is 7.10. The molecular weight excluding hydrogens is 316 g/mol. The number of nitrogens with two attached hydrogens (primary N) is 1. The zero-order chi connectivity index (χ0) is 18.2. The van der Waals surface area contributed by atoms with Crippen molar-refractivity contribution in [3.05, 3.63) is 35.9 Å². The quantitative estimate of drug-likeness (QED) is 0.766. The molecule has 6 heteroatoms. The second kappa shape index (κ2) is 9.53. The SMILES string of the molecule is CC(C)C[C@H](N)C(=O)N1CCN(CC(=O)NCc2ccccc2)CC1. The molecule has 0 aliphatic carbocycles. The van der Waals surface area contributed by atoms with Gasteiger partial charge in [-0.05, 0) is 17.9 Å². The molecule has 1 aliphatic rings. The number of nitrogens with zero attached hydrogens (tertiary/aromatic N) is 2. The number of hydrogen-bond donors (Lipinski definition) is 2. The van der Waals surface area contributed by atoms with Gasteiger partial charge in [-0.1, -0.05) is 44.2 Å².